The smallest absolute Gasteiger partial charge is 0.253 e. The Kier molecular flexibility index (Phi) is 5.32. The van der Waals surface area contributed by atoms with Crippen LogP contribution in [0.15, 0.2) is 42.9 Å². The van der Waals surface area contributed by atoms with Crippen molar-refractivity contribution in [2.45, 2.75) is 12.8 Å². The average Bonchev–Trinajstić information content (AvgIpc) is 2.34. The van der Waals surface area contributed by atoms with Crippen LogP contribution >= 0.6 is 11.6 Å². The molecule has 1 aromatic heterocycles. The molecule has 0 aliphatic heterocycles. The summed E-state index contributed by atoms with van der Waals surface area (Å²) in [4.78, 5) is 14.1. The molecule has 96 valence electrons. The second-order valence-electron chi connectivity index (χ2n) is 3.68. The largest absolute Gasteiger partial charge is 0.379 e. The third-order valence-electron chi connectivity index (χ3n) is 2.41. The fraction of sp³-hybridized carbons (Fsp3) is 0.250. The molecule has 0 radical (unpaired) electrons. The highest BCUT2D eigenvalue weighted by atomic mass is 35.5. The minimum absolute atomic E-state index is 0.167. The highest BCUT2D eigenvalue weighted by molar-refractivity contribution is 6.29. The minimum atomic E-state index is -0.481. The molecule has 0 aliphatic carbocycles. The summed E-state index contributed by atoms with van der Waals surface area (Å²) in [5.41, 5.74) is 1.35. The molecule has 6 heteroatoms. The molecule has 0 aliphatic rings. The molecule has 0 saturated carbocycles. The molecule has 1 rings (SSSR count). The van der Waals surface area contributed by atoms with Gasteiger partial charge in [0.2, 0.25) is 0 Å². The van der Waals surface area contributed by atoms with Gasteiger partial charge in [0.25, 0.3) is 6.20 Å². The Balaban J connectivity index is 2.94. The van der Waals surface area contributed by atoms with E-state index in [2.05, 4.69) is 16.9 Å². The number of hydrogen-bond donors (Lipinski definition) is 1. The minimum Gasteiger partial charge on any atom is -0.379 e. The van der Waals surface area contributed by atoms with Crippen LogP contribution in [0.2, 0.25) is 5.15 Å². The Bertz CT molecular complexity index is 457. The number of hydrogen-bond acceptors (Lipinski definition) is 4. The van der Waals surface area contributed by atoms with Crippen molar-refractivity contribution in [3.05, 3.63) is 63.7 Å². The van der Waals surface area contributed by atoms with E-state index < -0.39 is 4.92 Å². The molecule has 0 aromatic carbocycles. The first-order chi connectivity index (χ1) is 8.54. The van der Waals surface area contributed by atoms with Crippen LogP contribution in [0.25, 0.3) is 0 Å². The Labute approximate surface area is 110 Å². The maximum Gasteiger partial charge on any atom is 0.253 e. The summed E-state index contributed by atoms with van der Waals surface area (Å²) >= 11 is 5.70. The van der Waals surface area contributed by atoms with E-state index in [-0.39, 0.29) is 5.92 Å². The van der Waals surface area contributed by atoms with Crippen LogP contribution in [0.3, 0.4) is 0 Å². The van der Waals surface area contributed by atoms with Crippen LogP contribution < -0.4 is 5.32 Å². The van der Waals surface area contributed by atoms with E-state index in [4.69, 9.17) is 11.6 Å². The summed E-state index contributed by atoms with van der Waals surface area (Å²) in [7, 11) is 0. The third kappa shape index (κ3) is 4.18. The number of allylic oxidation sites excluding steroid dienone is 1. The van der Waals surface area contributed by atoms with Crippen molar-refractivity contribution < 1.29 is 4.92 Å². The van der Waals surface area contributed by atoms with E-state index in [1.807, 2.05) is 6.92 Å². The van der Waals surface area contributed by atoms with Gasteiger partial charge < -0.3 is 5.32 Å². The summed E-state index contributed by atoms with van der Waals surface area (Å²) in [5.74, 6) is -0.167. The zero-order valence-corrected chi connectivity index (χ0v) is 10.7. The molecule has 1 aromatic rings. The molecular weight excluding hydrogens is 254 g/mol. The van der Waals surface area contributed by atoms with Crippen molar-refractivity contribution in [1.82, 2.24) is 10.3 Å². The SMILES string of the molecule is C=CCNC(=C[N+](=O)[O-])C(C)c1ccc(Cl)nc1. The highest BCUT2D eigenvalue weighted by Crippen LogP contribution is 2.22. The van der Waals surface area contributed by atoms with Gasteiger partial charge in [-0.2, -0.15) is 0 Å². The Morgan fingerprint density at radius 3 is 2.94 bits per heavy atom. The van der Waals surface area contributed by atoms with Crippen LogP contribution in [0, 0.1) is 10.1 Å². The van der Waals surface area contributed by atoms with Crippen molar-refractivity contribution in [3.8, 4) is 0 Å². The van der Waals surface area contributed by atoms with E-state index in [0.717, 1.165) is 11.8 Å². The normalized spacial score (nSPS) is 12.9. The summed E-state index contributed by atoms with van der Waals surface area (Å²) in [6, 6.07) is 3.45. The van der Waals surface area contributed by atoms with Crippen molar-refractivity contribution >= 4 is 11.6 Å². The number of nitro groups is 1. The van der Waals surface area contributed by atoms with E-state index in [1.165, 1.54) is 0 Å². The van der Waals surface area contributed by atoms with Gasteiger partial charge in [-0.25, -0.2) is 4.98 Å². The van der Waals surface area contributed by atoms with Crippen LogP contribution in [-0.4, -0.2) is 16.5 Å². The van der Waals surface area contributed by atoms with E-state index in [1.54, 1.807) is 24.4 Å². The molecule has 0 amide bonds. The molecule has 1 atom stereocenters. The van der Waals surface area contributed by atoms with E-state index in [9.17, 15) is 10.1 Å². The molecule has 0 bridgehead atoms. The lowest BCUT2D eigenvalue weighted by molar-refractivity contribution is -0.404. The summed E-state index contributed by atoms with van der Waals surface area (Å²) in [6.45, 7) is 5.89. The van der Waals surface area contributed by atoms with Gasteiger partial charge in [0, 0.05) is 18.7 Å². The molecular formula is C12H14ClN3O2. The monoisotopic (exact) mass is 267 g/mol. The lowest BCUT2D eigenvalue weighted by atomic mass is 10.00. The third-order valence-corrected chi connectivity index (χ3v) is 2.64. The van der Waals surface area contributed by atoms with Gasteiger partial charge in [0.1, 0.15) is 5.15 Å². The average molecular weight is 268 g/mol. The first-order valence-electron chi connectivity index (χ1n) is 5.36. The van der Waals surface area contributed by atoms with Gasteiger partial charge in [-0.3, -0.25) is 10.1 Å². The first kappa shape index (κ1) is 14.2. The van der Waals surface area contributed by atoms with Crippen molar-refractivity contribution in [1.29, 1.82) is 0 Å². The van der Waals surface area contributed by atoms with E-state index >= 15 is 0 Å². The molecule has 18 heavy (non-hydrogen) atoms. The molecule has 1 N–H and O–H groups in total. The number of nitrogens with zero attached hydrogens (tertiary/aromatic N) is 2. The van der Waals surface area contributed by atoms with Gasteiger partial charge in [-0.1, -0.05) is 30.7 Å². The Hall–Kier alpha value is -1.88. The number of halogens is 1. The quantitative estimate of drug-likeness (QED) is 0.372. The summed E-state index contributed by atoms with van der Waals surface area (Å²) in [6.07, 6.45) is 4.21. The zero-order valence-electron chi connectivity index (χ0n) is 9.97. The molecule has 0 fully saturated rings. The number of pyridine rings is 1. The molecule has 1 heterocycles. The second kappa shape index (κ2) is 6.76. The van der Waals surface area contributed by atoms with Gasteiger partial charge in [0.05, 0.1) is 10.6 Å². The summed E-state index contributed by atoms with van der Waals surface area (Å²) in [5, 5.41) is 13.9. The number of aromatic nitrogens is 1. The van der Waals surface area contributed by atoms with E-state index in [0.29, 0.717) is 17.4 Å². The van der Waals surface area contributed by atoms with Gasteiger partial charge >= 0.3 is 0 Å². The lowest BCUT2D eigenvalue weighted by Gasteiger charge is -2.15. The standard InChI is InChI=1S/C12H14ClN3O2/c1-3-6-14-11(8-16(17)18)9(2)10-4-5-12(13)15-7-10/h3-5,7-9,14H,1,6H2,2H3. The fourth-order valence-electron chi connectivity index (χ4n) is 1.44. The lowest BCUT2D eigenvalue weighted by Crippen LogP contribution is -2.19. The van der Waals surface area contributed by atoms with Crippen LogP contribution in [0.1, 0.15) is 18.4 Å². The Morgan fingerprint density at radius 1 is 1.72 bits per heavy atom. The topological polar surface area (TPSA) is 68.1 Å². The molecule has 0 saturated heterocycles. The fourth-order valence-corrected chi connectivity index (χ4v) is 1.55. The van der Waals surface area contributed by atoms with Gasteiger partial charge in [0.15, 0.2) is 0 Å². The predicted octanol–water partition coefficient (Wildman–Crippen LogP) is 2.73. The van der Waals surface area contributed by atoms with Gasteiger partial charge in [-0.05, 0) is 11.6 Å². The number of rotatable bonds is 6. The Morgan fingerprint density at radius 2 is 2.44 bits per heavy atom. The summed E-state index contributed by atoms with van der Waals surface area (Å²) < 4.78 is 0. The van der Waals surface area contributed by atoms with Gasteiger partial charge in [-0.15, -0.1) is 6.58 Å². The molecule has 1 unspecified atom stereocenters. The molecule has 0 spiro atoms. The van der Waals surface area contributed by atoms with Crippen molar-refractivity contribution in [3.63, 3.8) is 0 Å². The zero-order chi connectivity index (χ0) is 13.5. The number of nitrogens with one attached hydrogen (secondary N) is 1. The van der Waals surface area contributed by atoms with Crippen LogP contribution in [0.4, 0.5) is 0 Å². The first-order valence-corrected chi connectivity index (χ1v) is 5.73. The van der Waals surface area contributed by atoms with Crippen LogP contribution in [0.5, 0.6) is 0 Å². The maximum atomic E-state index is 10.6. The maximum absolute atomic E-state index is 10.6. The second-order valence-corrected chi connectivity index (χ2v) is 4.06. The van der Waals surface area contributed by atoms with Crippen molar-refractivity contribution in [2.75, 3.05) is 6.54 Å². The molecule has 5 nitrogen and oxygen atoms in total. The highest BCUT2D eigenvalue weighted by Gasteiger charge is 2.14. The van der Waals surface area contributed by atoms with Crippen molar-refractivity contribution in [2.24, 2.45) is 0 Å². The predicted molar refractivity (Wildman–Crippen MR) is 70.9 cm³/mol. The van der Waals surface area contributed by atoms with Crippen LogP contribution in [-0.2, 0) is 0 Å².